The summed E-state index contributed by atoms with van der Waals surface area (Å²) in [4.78, 5) is 94.1. The van der Waals surface area contributed by atoms with E-state index < -0.39 is 93.5 Å². The molecule has 30 rings (SSSR count). The molecule has 0 aromatic rings. The van der Waals surface area contributed by atoms with Crippen molar-refractivity contribution in [3.8, 4) is 0 Å². The normalized spacial score (nSPS) is 53.1. The topological polar surface area (TPSA) is 342 Å². The molecule has 830 valence electrons. The summed E-state index contributed by atoms with van der Waals surface area (Å²) in [7, 11) is 1.71. The number of esters is 1. The molecule has 6 saturated carbocycles. The van der Waals surface area contributed by atoms with Crippen molar-refractivity contribution < 1.29 is 163 Å². The number of methoxy groups -OCH3 is 1. The standard InChI is InChI=1S/C19H31NO6.C19H30O7.C19H32O6.C19H32O5.2C17H28O5/c1-11-5-6-15-12(2)16(22-10-9-20-13(3)21)23-17-19(15)14(11)7-8-18(4,24-17)25-26-19;1-5-21-15(20)10-22-16-12(3)14-7-6-11(2)13-8-9-18(4)24-17(23-16)19(13,14)26-25-18;1-12-6-7-15-13(2)16(21-11-5-10-20-4)22-17-19(15)14(12)8-9-18(3,23-17)24-25-19;1-5-6-11-20-16-13(3)15-8-7-12(2)14-9-10-18(4)22-17(21-16)19(14,15)24-23-18;2*1-5-18-14-11(3)13-7-6-10(2)12-8-9-16(4)20-15(19-14)17(12,13)22-21-16/h11-12,14-17H,5-10H2,1-4H3,(H,20,21);11-14,16-17H,5-10H2,1-4H3;12-17H,5-11H2,1-4H3;12-17H,5-11H2,1-4H3;2*10-15H,5-9H2,1-4H3/t11-,12-,14?,15?,16?,17-,18-,19-;11-,12-,13?,14?,16?,17-,18-,19-;2*12-,13-,14?,15?,16?,17-,18-,19-;2*10-,11-,12?,13?,14?,15-,16-,17-/m111111/s1. The van der Waals surface area contributed by atoms with Crippen LogP contribution in [0.5, 0.6) is 0 Å². The van der Waals surface area contributed by atoms with E-state index in [0.717, 1.165) is 148 Å². The molecule has 1 N–H and O–H groups in total. The van der Waals surface area contributed by atoms with Crippen LogP contribution in [0.1, 0.15) is 333 Å². The van der Waals surface area contributed by atoms with Gasteiger partial charge < -0.3 is 100 Å². The number of rotatable bonds is 21. The van der Waals surface area contributed by atoms with E-state index >= 15 is 0 Å². The second-order valence-corrected chi connectivity index (χ2v) is 49.5. The smallest absolute Gasteiger partial charge is 0.332 e. The Balaban J connectivity index is 0.000000110. The summed E-state index contributed by atoms with van der Waals surface area (Å²) in [6, 6.07) is 0. The number of ether oxygens (including phenoxy) is 20. The zero-order valence-electron chi connectivity index (χ0n) is 91.6. The van der Waals surface area contributed by atoms with E-state index in [1.165, 1.54) is 39.0 Å². The Morgan fingerprint density at radius 3 is 0.738 bits per heavy atom. The molecule has 1 amide bonds. The Labute approximate surface area is 860 Å². The number of hydrogen-bond donors (Lipinski definition) is 1. The third-order valence-electron chi connectivity index (χ3n) is 40.2. The minimum Gasteiger partial charge on any atom is -0.464 e. The molecule has 0 aromatic carbocycles. The lowest BCUT2D eigenvalue weighted by Crippen LogP contribution is -2.70. The highest BCUT2D eigenvalue weighted by Crippen LogP contribution is 2.69. The van der Waals surface area contributed by atoms with Gasteiger partial charge in [-0.05, 0) is 262 Å². The minimum absolute atomic E-state index is 0.0582. The monoisotopic (exact) mass is 2060 g/mol. The maximum absolute atomic E-state index is 11.7. The number of fused-ring (bicyclic) bond motifs is 12. The molecular weight excluding hydrogens is 1880 g/mol. The van der Waals surface area contributed by atoms with Crippen LogP contribution in [0.2, 0.25) is 0 Å². The third kappa shape index (κ3) is 20.0. The lowest BCUT2D eigenvalue weighted by atomic mass is 9.58. The zero-order valence-corrected chi connectivity index (χ0v) is 91.6. The summed E-state index contributed by atoms with van der Waals surface area (Å²) >= 11 is 0. The Kier molecular flexibility index (Phi) is 33.6. The van der Waals surface area contributed by atoms with Gasteiger partial charge in [-0.3, -0.25) is 4.79 Å². The summed E-state index contributed by atoms with van der Waals surface area (Å²) in [6.07, 6.45) is 23.6. The average Bonchev–Trinajstić information content (AvgIpc) is 1.65. The van der Waals surface area contributed by atoms with E-state index in [2.05, 4.69) is 95.3 Å². The van der Waals surface area contributed by atoms with Gasteiger partial charge in [-0.1, -0.05) is 96.4 Å². The highest BCUT2D eigenvalue weighted by molar-refractivity contribution is 5.72. The quantitative estimate of drug-likeness (QED) is 0.0633. The molecule has 24 heterocycles. The zero-order chi connectivity index (χ0) is 103. The Morgan fingerprint density at radius 2 is 0.510 bits per heavy atom. The fourth-order valence-electron chi connectivity index (χ4n) is 32.2. The number of amides is 1. The summed E-state index contributed by atoms with van der Waals surface area (Å²) in [5.74, 6) is 4.11. The van der Waals surface area contributed by atoms with Crippen LogP contribution >= 0.6 is 0 Å². The van der Waals surface area contributed by atoms with Gasteiger partial charge in [-0.15, -0.1) is 0 Å². The van der Waals surface area contributed by atoms with Crippen molar-refractivity contribution in [2.75, 3.05) is 66.5 Å². The van der Waals surface area contributed by atoms with E-state index in [1.807, 2.05) is 55.4 Å². The van der Waals surface area contributed by atoms with Crippen molar-refractivity contribution in [3.05, 3.63) is 0 Å². The molecule has 18 unspecified atom stereocenters. The number of hydrogen-bond acceptors (Lipinski definition) is 34. The molecule has 24 aliphatic heterocycles. The molecule has 6 spiro atoms. The van der Waals surface area contributed by atoms with Crippen LogP contribution in [0.15, 0.2) is 0 Å². The average molecular weight is 2060 g/mol. The van der Waals surface area contributed by atoms with E-state index in [9.17, 15) is 9.59 Å². The van der Waals surface area contributed by atoms with E-state index in [0.29, 0.717) is 141 Å². The summed E-state index contributed by atoms with van der Waals surface area (Å²) in [5, 5.41) is 2.75. The van der Waals surface area contributed by atoms with E-state index in [1.54, 1.807) is 14.0 Å². The van der Waals surface area contributed by atoms with Crippen LogP contribution in [0.25, 0.3) is 0 Å². The molecule has 30 aliphatic rings. The van der Waals surface area contributed by atoms with E-state index in [4.69, 9.17) is 153 Å². The van der Waals surface area contributed by atoms with Gasteiger partial charge in [-0.2, -0.15) is 0 Å². The molecule has 48 atom stereocenters. The molecule has 35 nitrogen and oxygen atoms in total. The van der Waals surface area contributed by atoms with Crippen molar-refractivity contribution in [1.82, 2.24) is 5.32 Å². The van der Waals surface area contributed by atoms with Crippen molar-refractivity contribution in [2.45, 2.75) is 476 Å². The lowest BCUT2D eigenvalue weighted by Gasteiger charge is -2.60. The van der Waals surface area contributed by atoms with Crippen LogP contribution in [-0.2, 0) is 163 Å². The molecule has 6 aliphatic carbocycles. The van der Waals surface area contributed by atoms with Gasteiger partial charge in [0.25, 0.3) is 0 Å². The largest absolute Gasteiger partial charge is 0.464 e. The highest BCUT2D eigenvalue weighted by atomic mass is 17.3. The van der Waals surface area contributed by atoms with Gasteiger partial charge in [0.15, 0.2) is 109 Å². The van der Waals surface area contributed by atoms with Gasteiger partial charge in [-0.25, -0.2) is 63.4 Å². The first kappa shape index (κ1) is 111. The Hall–Kier alpha value is -2.30. The van der Waals surface area contributed by atoms with Crippen molar-refractivity contribution in [3.63, 3.8) is 0 Å². The molecule has 35 heteroatoms. The minimum atomic E-state index is -0.802. The molecule has 30 fully saturated rings. The predicted molar refractivity (Wildman–Crippen MR) is 515 cm³/mol. The van der Waals surface area contributed by atoms with Crippen molar-refractivity contribution in [2.24, 2.45) is 142 Å². The number of carbonyl (C=O) groups is 2. The summed E-state index contributed by atoms with van der Waals surface area (Å²) < 4.78 is 121. The van der Waals surface area contributed by atoms with Gasteiger partial charge in [0, 0.05) is 157 Å². The van der Waals surface area contributed by atoms with Crippen LogP contribution in [-0.4, -0.2) is 222 Å². The second-order valence-electron chi connectivity index (χ2n) is 49.5. The van der Waals surface area contributed by atoms with Crippen LogP contribution < -0.4 is 5.32 Å². The fraction of sp³-hybridized carbons (Fsp3) is 0.982. The SMILES string of the molecule is CC(=O)NCCOC1O[C@@H]2O[C@@]3(C)CCC4[C@H](C)CCC([C@H]1C)[C@]42OO3.CCCCOC1O[C@@H]2O[C@@]3(C)CCC4[C@H](C)CCC([C@H]1C)[C@]42OO3.CCOC(=O)COC1O[C@@H]2O[C@@]3(C)CCC4[C@H](C)CCC([C@H]1C)[C@]42OO3.CCOC1O[C@@H]2O[C@@]3(C)CCC4[C@H](C)CCC([C@H]1C)[C@]42OO3.CCOC1O[C@@H]2O[C@@]3(C)CCC4[C@H](C)CCC([C@H]1C)[C@]42OO3.COCCCOC1O[C@@H]2O[C@@]3(C)CCC4[C@H](C)CCC([C@H]1C)[C@]42OO3. The van der Waals surface area contributed by atoms with Gasteiger partial charge in [0.05, 0.1) is 19.8 Å². The van der Waals surface area contributed by atoms with Crippen LogP contribution in [0, 0.1) is 142 Å². The van der Waals surface area contributed by atoms with E-state index in [-0.39, 0.29) is 116 Å². The first-order valence-electron chi connectivity index (χ1n) is 57.0. The maximum Gasteiger partial charge on any atom is 0.332 e. The number of nitrogens with one attached hydrogen (secondary N) is 1. The molecule has 0 radical (unpaired) electrons. The molecule has 0 aromatic heterocycles. The number of carbonyl (C=O) groups excluding carboxylic acids is 2. The Morgan fingerprint density at radius 1 is 0.276 bits per heavy atom. The Bertz CT molecular complexity index is 4220. The van der Waals surface area contributed by atoms with Crippen LogP contribution in [0.4, 0.5) is 0 Å². The van der Waals surface area contributed by atoms with Gasteiger partial charge >= 0.3 is 5.97 Å². The third-order valence-corrected chi connectivity index (χ3v) is 40.2. The maximum atomic E-state index is 11.7. The summed E-state index contributed by atoms with van der Waals surface area (Å²) in [6.45, 7) is 52.6. The number of unbranched alkanes of at least 4 members (excludes halogenated alkanes) is 1. The fourth-order valence-corrected chi connectivity index (χ4v) is 32.2. The molecule has 145 heavy (non-hydrogen) atoms. The highest BCUT2D eigenvalue weighted by Gasteiger charge is 2.78. The first-order chi connectivity index (χ1) is 69.2. The first-order valence-corrected chi connectivity index (χ1v) is 57.0. The molecule has 12 bridgehead atoms. The second kappa shape index (κ2) is 43.9. The van der Waals surface area contributed by atoms with Gasteiger partial charge in [0.1, 0.15) is 6.61 Å². The van der Waals surface area contributed by atoms with Crippen molar-refractivity contribution in [1.29, 1.82) is 0 Å². The molecular formula is C110H181NO34. The van der Waals surface area contributed by atoms with Gasteiger partial charge in [0.2, 0.25) is 40.6 Å². The van der Waals surface area contributed by atoms with Crippen molar-refractivity contribution >= 4 is 11.9 Å². The molecule has 24 saturated heterocycles. The lowest BCUT2D eigenvalue weighted by molar-refractivity contribution is -0.577. The summed E-state index contributed by atoms with van der Waals surface area (Å²) in [5.41, 5.74) is -3.07. The van der Waals surface area contributed by atoms with Crippen LogP contribution in [0.3, 0.4) is 0 Å². The predicted octanol–water partition coefficient (Wildman–Crippen LogP) is 18.8.